The SMILES string of the molecule is COC(=O)Cc1ccccc1Cn1ccc(C(C)O)c1. The zero-order chi connectivity index (χ0) is 14.5. The van der Waals surface area contributed by atoms with Crippen molar-refractivity contribution in [3.63, 3.8) is 0 Å². The second-order valence-corrected chi connectivity index (χ2v) is 4.81. The third-order valence-electron chi connectivity index (χ3n) is 3.29. The van der Waals surface area contributed by atoms with Gasteiger partial charge in [-0.3, -0.25) is 4.79 Å². The minimum Gasteiger partial charge on any atom is -0.469 e. The first-order valence-electron chi connectivity index (χ1n) is 6.57. The molecule has 1 aromatic carbocycles. The molecule has 0 aliphatic heterocycles. The predicted octanol–water partition coefficient (Wildman–Crippen LogP) is 2.31. The second-order valence-electron chi connectivity index (χ2n) is 4.81. The Kier molecular flexibility index (Phi) is 4.58. The Morgan fingerprint density at radius 1 is 1.30 bits per heavy atom. The van der Waals surface area contributed by atoms with Gasteiger partial charge in [-0.1, -0.05) is 24.3 Å². The fraction of sp³-hybridized carbons (Fsp3) is 0.312. The van der Waals surface area contributed by atoms with Gasteiger partial charge in [-0.05, 0) is 29.7 Å². The molecule has 0 fully saturated rings. The van der Waals surface area contributed by atoms with E-state index in [1.54, 1.807) is 6.92 Å². The van der Waals surface area contributed by atoms with Crippen molar-refractivity contribution in [2.75, 3.05) is 7.11 Å². The molecule has 1 heterocycles. The van der Waals surface area contributed by atoms with Gasteiger partial charge < -0.3 is 14.4 Å². The molecule has 1 aromatic heterocycles. The number of ether oxygens (including phenoxy) is 1. The van der Waals surface area contributed by atoms with Gasteiger partial charge in [-0.2, -0.15) is 0 Å². The number of benzene rings is 1. The highest BCUT2D eigenvalue weighted by Gasteiger charge is 2.09. The third-order valence-corrected chi connectivity index (χ3v) is 3.29. The number of methoxy groups -OCH3 is 1. The summed E-state index contributed by atoms with van der Waals surface area (Å²) in [6, 6.07) is 9.70. The van der Waals surface area contributed by atoms with Gasteiger partial charge in [0.25, 0.3) is 0 Å². The van der Waals surface area contributed by atoms with Crippen LogP contribution in [0.1, 0.15) is 29.7 Å². The van der Waals surface area contributed by atoms with E-state index in [9.17, 15) is 9.90 Å². The summed E-state index contributed by atoms with van der Waals surface area (Å²) in [7, 11) is 1.39. The molecular weight excluding hydrogens is 254 g/mol. The summed E-state index contributed by atoms with van der Waals surface area (Å²) in [6.07, 6.45) is 3.65. The second kappa shape index (κ2) is 6.39. The van der Waals surface area contributed by atoms with Gasteiger partial charge in [0.05, 0.1) is 19.6 Å². The lowest BCUT2D eigenvalue weighted by Crippen LogP contribution is -2.08. The zero-order valence-corrected chi connectivity index (χ0v) is 11.7. The van der Waals surface area contributed by atoms with Crippen molar-refractivity contribution in [2.24, 2.45) is 0 Å². The first-order valence-corrected chi connectivity index (χ1v) is 6.57. The number of rotatable bonds is 5. The van der Waals surface area contributed by atoms with E-state index in [0.717, 1.165) is 16.7 Å². The molecule has 0 aliphatic carbocycles. The number of hydrogen-bond acceptors (Lipinski definition) is 3. The Hall–Kier alpha value is -2.07. The molecule has 1 atom stereocenters. The van der Waals surface area contributed by atoms with E-state index < -0.39 is 6.10 Å². The summed E-state index contributed by atoms with van der Waals surface area (Å²) in [5, 5.41) is 9.53. The molecule has 0 radical (unpaired) electrons. The van der Waals surface area contributed by atoms with Crippen LogP contribution in [0, 0.1) is 0 Å². The topological polar surface area (TPSA) is 51.5 Å². The maximum Gasteiger partial charge on any atom is 0.309 e. The van der Waals surface area contributed by atoms with Gasteiger partial charge in [0.2, 0.25) is 0 Å². The molecule has 1 N–H and O–H groups in total. The molecule has 20 heavy (non-hydrogen) atoms. The number of aromatic nitrogens is 1. The van der Waals surface area contributed by atoms with Crippen molar-refractivity contribution in [1.82, 2.24) is 4.57 Å². The summed E-state index contributed by atoms with van der Waals surface area (Å²) >= 11 is 0. The van der Waals surface area contributed by atoms with Crippen molar-refractivity contribution in [2.45, 2.75) is 26.0 Å². The first kappa shape index (κ1) is 14.3. The number of carbonyl (C=O) groups is 1. The van der Waals surface area contributed by atoms with Gasteiger partial charge >= 0.3 is 5.97 Å². The average molecular weight is 273 g/mol. The van der Waals surface area contributed by atoms with Gasteiger partial charge in [0, 0.05) is 18.9 Å². The highest BCUT2D eigenvalue weighted by molar-refractivity contribution is 5.72. The van der Waals surface area contributed by atoms with Crippen LogP contribution >= 0.6 is 0 Å². The Labute approximate surface area is 118 Å². The van der Waals surface area contributed by atoms with Crippen LogP contribution in [0.5, 0.6) is 0 Å². The quantitative estimate of drug-likeness (QED) is 0.850. The van der Waals surface area contributed by atoms with Crippen LogP contribution in [0.25, 0.3) is 0 Å². The third kappa shape index (κ3) is 3.48. The van der Waals surface area contributed by atoms with Gasteiger partial charge in [0.15, 0.2) is 0 Å². The summed E-state index contributed by atoms with van der Waals surface area (Å²) < 4.78 is 6.71. The molecule has 0 bridgehead atoms. The standard InChI is InChI=1S/C16H19NO3/c1-12(18)14-7-8-17(10-14)11-15-6-4-3-5-13(15)9-16(19)20-2/h3-8,10,12,18H,9,11H2,1-2H3. The molecular formula is C16H19NO3. The lowest BCUT2D eigenvalue weighted by atomic mass is 10.0. The fourth-order valence-electron chi connectivity index (χ4n) is 2.11. The van der Waals surface area contributed by atoms with Crippen LogP contribution in [0.4, 0.5) is 0 Å². The molecule has 1 unspecified atom stereocenters. The van der Waals surface area contributed by atoms with Crippen LogP contribution in [-0.4, -0.2) is 22.8 Å². The van der Waals surface area contributed by atoms with E-state index in [1.165, 1.54) is 7.11 Å². The lowest BCUT2D eigenvalue weighted by molar-refractivity contribution is -0.139. The van der Waals surface area contributed by atoms with Gasteiger partial charge in [0.1, 0.15) is 0 Å². The van der Waals surface area contributed by atoms with E-state index >= 15 is 0 Å². The Bertz CT molecular complexity index is 587. The molecule has 0 spiro atoms. The molecule has 2 aromatic rings. The molecule has 2 rings (SSSR count). The maximum absolute atomic E-state index is 11.4. The molecule has 0 aliphatic rings. The highest BCUT2D eigenvalue weighted by Crippen LogP contribution is 2.16. The van der Waals surface area contributed by atoms with E-state index in [2.05, 4.69) is 0 Å². The van der Waals surface area contributed by atoms with Crippen molar-refractivity contribution >= 4 is 5.97 Å². The zero-order valence-electron chi connectivity index (χ0n) is 11.7. The largest absolute Gasteiger partial charge is 0.469 e. The first-order chi connectivity index (χ1) is 9.60. The minimum atomic E-state index is -0.471. The Morgan fingerprint density at radius 2 is 2.00 bits per heavy atom. The molecule has 4 heteroatoms. The smallest absolute Gasteiger partial charge is 0.309 e. The number of aliphatic hydroxyl groups excluding tert-OH is 1. The van der Waals surface area contributed by atoms with Crippen LogP contribution in [0.2, 0.25) is 0 Å². The summed E-state index contributed by atoms with van der Waals surface area (Å²) in [5.74, 6) is -0.241. The lowest BCUT2D eigenvalue weighted by Gasteiger charge is -2.09. The molecule has 0 saturated carbocycles. The molecule has 0 saturated heterocycles. The number of esters is 1. The van der Waals surface area contributed by atoms with Crippen molar-refractivity contribution < 1.29 is 14.6 Å². The molecule has 4 nitrogen and oxygen atoms in total. The molecule has 106 valence electrons. The number of nitrogens with zero attached hydrogens (tertiary/aromatic N) is 1. The normalized spacial score (nSPS) is 12.2. The fourth-order valence-corrected chi connectivity index (χ4v) is 2.11. The van der Waals surface area contributed by atoms with Crippen molar-refractivity contribution in [3.8, 4) is 0 Å². The summed E-state index contributed by atoms with van der Waals surface area (Å²) in [6.45, 7) is 2.41. The van der Waals surface area contributed by atoms with Gasteiger partial charge in [-0.15, -0.1) is 0 Å². The minimum absolute atomic E-state index is 0.241. The Morgan fingerprint density at radius 3 is 2.60 bits per heavy atom. The van der Waals surface area contributed by atoms with E-state index in [1.807, 2.05) is 47.3 Å². The van der Waals surface area contributed by atoms with E-state index in [-0.39, 0.29) is 12.4 Å². The highest BCUT2D eigenvalue weighted by atomic mass is 16.5. The van der Waals surface area contributed by atoms with Crippen LogP contribution in [-0.2, 0) is 22.5 Å². The van der Waals surface area contributed by atoms with Crippen LogP contribution in [0.3, 0.4) is 0 Å². The number of carbonyl (C=O) groups excluding carboxylic acids is 1. The van der Waals surface area contributed by atoms with Crippen LogP contribution < -0.4 is 0 Å². The van der Waals surface area contributed by atoms with Crippen molar-refractivity contribution in [3.05, 3.63) is 59.4 Å². The van der Waals surface area contributed by atoms with Crippen LogP contribution in [0.15, 0.2) is 42.7 Å². The average Bonchev–Trinajstić information content (AvgIpc) is 2.89. The predicted molar refractivity (Wildman–Crippen MR) is 76.3 cm³/mol. The summed E-state index contributed by atoms with van der Waals surface area (Å²) in [4.78, 5) is 11.4. The van der Waals surface area contributed by atoms with Crippen molar-refractivity contribution in [1.29, 1.82) is 0 Å². The monoisotopic (exact) mass is 273 g/mol. The number of aliphatic hydroxyl groups is 1. The van der Waals surface area contributed by atoms with Gasteiger partial charge in [-0.25, -0.2) is 0 Å². The van der Waals surface area contributed by atoms with E-state index in [0.29, 0.717) is 6.54 Å². The number of hydrogen-bond donors (Lipinski definition) is 1. The maximum atomic E-state index is 11.4. The Balaban J connectivity index is 2.17. The summed E-state index contributed by atoms with van der Waals surface area (Å²) in [5.41, 5.74) is 2.92. The van der Waals surface area contributed by atoms with E-state index in [4.69, 9.17) is 4.74 Å². The molecule has 0 amide bonds.